The quantitative estimate of drug-likeness (QED) is 0.660. The van der Waals surface area contributed by atoms with E-state index in [2.05, 4.69) is 26.6 Å². The number of hydrogen-bond acceptors (Lipinski definition) is 3. The molecule has 0 aromatic heterocycles. The summed E-state index contributed by atoms with van der Waals surface area (Å²) in [6.45, 7) is 4.01. The van der Waals surface area contributed by atoms with Gasteiger partial charge in [-0.1, -0.05) is 41.1 Å². The van der Waals surface area contributed by atoms with Crippen LogP contribution in [0, 0.1) is 6.92 Å². The summed E-state index contributed by atoms with van der Waals surface area (Å²) in [6.07, 6.45) is 0.839. The van der Waals surface area contributed by atoms with Gasteiger partial charge in [-0.3, -0.25) is 9.59 Å². The fraction of sp³-hybridized carbons (Fsp3) is 0.263. The van der Waals surface area contributed by atoms with Gasteiger partial charge >= 0.3 is 0 Å². The molecule has 25 heavy (non-hydrogen) atoms. The third-order valence-corrected chi connectivity index (χ3v) is 5.28. The third kappa shape index (κ3) is 6.21. The maximum absolute atomic E-state index is 12.0. The maximum Gasteiger partial charge on any atom is 0.243 e. The zero-order chi connectivity index (χ0) is 18.2. The molecule has 132 valence electrons. The smallest absolute Gasteiger partial charge is 0.243 e. The second-order valence-electron chi connectivity index (χ2n) is 5.53. The second kappa shape index (κ2) is 9.63. The lowest BCUT2D eigenvalue weighted by Gasteiger charge is -2.10. The Morgan fingerprint density at radius 3 is 2.60 bits per heavy atom. The molecule has 2 N–H and O–H groups in total. The Hall–Kier alpha value is -1.79. The SMILES string of the molecule is CCc1ccccc1NC(=O)CNC(=O)CSc1ccc(Br)cc1C. The van der Waals surface area contributed by atoms with Crippen molar-refractivity contribution in [2.24, 2.45) is 0 Å². The van der Waals surface area contributed by atoms with Crippen LogP contribution in [0.3, 0.4) is 0 Å². The van der Waals surface area contributed by atoms with Gasteiger partial charge in [0, 0.05) is 15.1 Å². The lowest BCUT2D eigenvalue weighted by molar-refractivity contribution is -0.122. The molecule has 6 heteroatoms. The molecule has 0 aliphatic heterocycles. The van der Waals surface area contributed by atoms with Gasteiger partial charge in [0.25, 0.3) is 0 Å². The molecule has 0 radical (unpaired) electrons. The van der Waals surface area contributed by atoms with Crippen LogP contribution < -0.4 is 10.6 Å². The fourth-order valence-electron chi connectivity index (χ4n) is 2.29. The molecule has 0 spiro atoms. The van der Waals surface area contributed by atoms with Crippen molar-refractivity contribution in [2.75, 3.05) is 17.6 Å². The zero-order valence-electron chi connectivity index (χ0n) is 14.3. The van der Waals surface area contributed by atoms with Gasteiger partial charge in [0.05, 0.1) is 12.3 Å². The maximum atomic E-state index is 12.0. The van der Waals surface area contributed by atoms with Crippen molar-refractivity contribution < 1.29 is 9.59 Å². The molecule has 0 atom stereocenters. The van der Waals surface area contributed by atoms with E-state index < -0.39 is 0 Å². The highest BCUT2D eigenvalue weighted by Gasteiger charge is 2.09. The zero-order valence-corrected chi connectivity index (χ0v) is 16.7. The highest BCUT2D eigenvalue weighted by atomic mass is 79.9. The van der Waals surface area contributed by atoms with E-state index in [4.69, 9.17) is 0 Å². The first-order chi connectivity index (χ1) is 12.0. The number of hydrogen-bond donors (Lipinski definition) is 2. The summed E-state index contributed by atoms with van der Waals surface area (Å²) < 4.78 is 1.02. The number of carbonyl (C=O) groups excluding carboxylic acids is 2. The molecule has 0 saturated heterocycles. The summed E-state index contributed by atoms with van der Waals surface area (Å²) >= 11 is 4.88. The van der Waals surface area contributed by atoms with Crippen molar-refractivity contribution in [1.29, 1.82) is 0 Å². The summed E-state index contributed by atoms with van der Waals surface area (Å²) in [5.74, 6) is -0.105. The summed E-state index contributed by atoms with van der Waals surface area (Å²) in [6, 6.07) is 13.6. The number of thioether (sulfide) groups is 1. The molecule has 0 fully saturated rings. The van der Waals surface area contributed by atoms with Gasteiger partial charge in [0.2, 0.25) is 11.8 Å². The van der Waals surface area contributed by atoms with Crippen molar-refractivity contribution in [3.63, 3.8) is 0 Å². The average Bonchev–Trinajstić information content (AvgIpc) is 2.59. The Kier molecular flexibility index (Phi) is 7.52. The molecule has 0 aliphatic rings. The minimum Gasteiger partial charge on any atom is -0.346 e. The number of rotatable bonds is 7. The molecular formula is C19H21BrN2O2S. The Bertz CT molecular complexity index is 765. The van der Waals surface area contributed by atoms with Crippen LogP contribution in [-0.2, 0) is 16.0 Å². The average molecular weight is 421 g/mol. The van der Waals surface area contributed by atoms with Crippen LogP contribution in [0.25, 0.3) is 0 Å². The molecule has 2 amide bonds. The summed E-state index contributed by atoms with van der Waals surface area (Å²) in [5, 5.41) is 5.50. The van der Waals surface area contributed by atoms with E-state index in [-0.39, 0.29) is 24.1 Å². The van der Waals surface area contributed by atoms with Gasteiger partial charge < -0.3 is 10.6 Å². The van der Waals surface area contributed by atoms with Gasteiger partial charge in [-0.25, -0.2) is 0 Å². The molecule has 2 rings (SSSR count). The van der Waals surface area contributed by atoms with E-state index >= 15 is 0 Å². The van der Waals surface area contributed by atoms with Crippen molar-refractivity contribution in [3.05, 3.63) is 58.1 Å². The van der Waals surface area contributed by atoms with Crippen LogP contribution in [0.2, 0.25) is 0 Å². The van der Waals surface area contributed by atoms with Crippen molar-refractivity contribution in [3.8, 4) is 0 Å². The predicted octanol–water partition coefficient (Wildman–Crippen LogP) is 4.17. The molecule has 0 aliphatic carbocycles. The number of carbonyl (C=O) groups is 2. The van der Waals surface area contributed by atoms with E-state index in [1.54, 1.807) is 0 Å². The number of amides is 2. The summed E-state index contributed by atoms with van der Waals surface area (Å²) in [5.41, 5.74) is 2.98. The van der Waals surface area contributed by atoms with Crippen molar-refractivity contribution in [2.45, 2.75) is 25.2 Å². The third-order valence-electron chi connectivity index (χ3n) is 3.61. The van der Waals surface area contributed by atoms with E-state index in [0.717, 1.165) is 32.6 Å². The van der Waals surface area contributed by atoms with Gasteiger partial charge in [0.15, 0.2) is 0 Å². The number of halogens is 1. The molecular weight excluding hydrogens is 400 g/mol. The van der Waals surface area contributed by atoms with Crippen LogP contribution in [0.5, 0.6) is 0 Å². The molecule has 0 unspecified atom stereocenters. The van der Waals surface area contributed by atoms with Gasteiger partial charge in [0.1, 0.15) is 0 Å². The van der Waals surface area contributed by atoms with E-state index in [0.29, 0.717) is 0 Å². The van der Waals surface area contributed by atoms with E-state index in [1.807, 2.05) is 56.3 Å². The Morgan fingerprint density at radius 2 is 1.88 bits per heavy atom. The largest absolute Gasteiger partial charge is 0.346 e. The Balaban J connectivity index is 1.78. The van der Waals surface area contributed by atoms with Crippen molar-refractivity contribution >= 4 is 45.2 Å². The first-order valence-electron chi connectivity index (χ1n) is 8.03. The number of para-hydroxylation sites is 1. The van der Waals surface area contributed by atoms with Crippen molar-refractivity contribution in [1.82, 2.24) is 5.32 Å². The van der Waals surface area contributed by atoms with Crippen LogP contribution in [0.4, 0.5) is 5.69 Å². The minimum atomic E-state index is -0.223. The molecule has 2 aromatic carbocycles. The van der Waals surface area contributed by atoms with Gasteiger partial charge in [-0.05, 0) is 48.7 Å². The minimum absolute atomic E-state index is 0.0310. The summed E-state index contributed by atoms with van der Waals surface area (Å²) in [4.78, 5) is 25.0. The number of nitrogens with one attached hydrogen (secondary N) is 2. The van der Waals surface area contributed by atoms with Crippen LogP contribution in [0.1, 0.15) is 18.1 Å². The standard InChI is InChI=1S/C19H21BrN2O2S/c1-3-14-6-4-5-7-16(14)22-18(23)11-21-19(24)12-25-17-9-8-15(20)10-13(17)2/h4-10H,3,11-12H2,1-2H3,(H,21,24)(H,22,23). The first kappa shape index (κ1) is 19.5. The normalized spacial score (nSPS) is 10.4. The highest BCUT2D eigenvalue weighted by molar-refractivity contribution is 9.10. The lowest BCUT2D eigenvalue weighted by Crippen LogP contribution is -2.34. The topological polar surface area (TPSA) is 58.2 Å². The molecule has 0 heterocycles. The molecule has 2 aromatic rings. The monoisotopic (exact) mass is 420 g/mol. The number of aryl methyl sites for hydroxylation is 2. The molecule has 0 saturated carbocycles. The van der Waals surface area contributed by atoms with Crippen LogP contribution in [-0.4, -0.2) is 24.1 Å². The highest BCUT2D eigenvalue weighted by Crippen LogP contribution is 2.25. The molecule has 4 nitrogen and oxygen atoms in total. The number of anilines is 1. The molecule has 0 bridgehead atoms. The summed E-state index contributed by atoms with van der Waals surface area (Å²) in [7, 11) is 0. The predicted molar refractivity (Wildman–Crippen MR) is 107 cm³/mol. The lowest BCUT2D eigenvalue weighted by atomic mass is 10.1. The Labute approximate surface area is 160 Å². The number of benzene rings is 2. The van der Waals surface area contributed by atoms with E-state index in [9.17, 15) is 9.59 Å². The first-order valence-corrected chi connectivity index (χ1v) is 9.81. The Morgan fingerprint density at radius 1 is 1.12 bits per heavy atom. The fourth-order valence-corrected chi connectivity index (χ4v) is 3.61. The van der Waals surface area contributed by atoms with Gasteiger partial charge in [-0.15, -0.1) is 11.8 Å². The second-order valence-corrected chi connectivity index (χ2v) is 7.47. The van der Waals surface area contributed by atoms with Crippen LogP contribution in [0.15, 0.2) is 51.8 Å². The van der Waals surface area contributed by atoms with E-state index in [1.165, 1.54) is 11.8 Å². The van der Waals surface area contributed by atoms with Gasteiger partial charge in [-0.2, -0.15) is 0 Å². The van der Waals surface area contributed by atoms with Crippen LogP contribution >= 0.6 is 27.7 Å².